The molecule has 260 valence electrons. The molecule has 1 aliphatic rings. The number of fused-ring (bicyclic) bond motifs is 1. The SMILES string of the molecule is COCCN(CCOC)c1nc(N2CCC(OC)CC2)c2nc(N(CCOC)CCOC)nc(N(C)Cc3cccc(OC)c3)c2n1. The van der Waals surface area contributed by atoms with Gasteiger partial charge in [0.15, 0.2) is 11.6 Å². The first-order valence-electron chi connectivity index (χ1n) is 16.1. The Morgan fingerprint density at radius 3 is 1.81 bits per heavy atom. The number of aromatic nitrogens is 4. The molecule has 1 saturated heterocycles. The van der Waals surface area contributed by atoms with Gasteiger partial charge in [-0.3, -0.25) is 0 Å². The Balaban J connectivity index is 1.93. The number of hydrogen-bond donors (Lipinski definition) is 0. The first-order chi connectivity index (χ1) is 23.0. The van der Waals surface area contributed by atoms with E-state index in [0.29, 0.717) is 87.9 Å². The van der Waals surface area contributed by atoms with Crippen molar-refractivity contribution in [3.63, 3.8) is 0 Å². The minimum Gasteiger partial charge on any atom is -0.497 e. The summed E-state index contributed by atoms with van der Waals surface area (Å²) in [5.74, 6) is 3.42. The van der Waals surface area contributed by atoms with Gasteiger partial charge in [-0.25, -0.2) is 9.97 Å². The Kier molecular flexibility index (Phi) is 14.4. The van der Waals surface area contributed by atoms with E-state index in [0.717, 1.165) is 43.1 Å². The van der Waals surface area contributed by atoms with Gasteiger partial charge < -0.3 is 48.0 Å². The fourth-order valence-electron chi connectivity index (χ4n) is 5.58. The Morgan fingerprint density at radius 1 is 0.723 bits per heavy atom. The zero-order chi connectivity index (χ0) is 33.6. The zero-order valence-corrected chi connectivity index (χ0v) is 29.1. The molecule has 0 bridgehead atoms. The van der Waals surface area contributed by atoms with E-state index in [1.54, 1.807) is 42.7 Å². The molecule has 0 unspecified atom stereocenters. The topological polar surface area (TPSA) is 120 Å². The van der Waals surface area contributed by atoms with E-state index in [1.165, 1.54) is 0 Å². The van der Waals surface area contributed by atoms with Crippen LogP contribution in [0.15, 0.2) is 24.3 Å². The minimum absolute atomic E-state index is 0.215. The Labute approximate surface area is 278 Å². The van der Waals surface area contributed by atoms with Crippen LogP contribution in [0.3, 0.4) is 0 Å². The lowest BCUT2D eigenvalue weighted by Crippen LogP contribution is -2.38. The molecule has 1 aromatic carbocycles. The van der Waals surface area contributed by atoms with Crippen LogP contribution in [0.4, 0.5) is 23.5 Å². The molecular weight excluding hydrogens is 604 g/mol. The van der Waals surface area contributed by atoms with Crippen LogP contribution in [-0.4, -0.2) is 141 Å². The molecule has 0 amide bonds. The second-order valence-corrected chi connectivity index (χ2v) is 11.5. The molecule has 2 aromatic heterocycles. The van der Waals surface area contributed by atoms with Crippen molar-refractivity contribution in [1.82, 2.24) is 19.9 Å². The van der Waals surface area contributed by atoms with Gasteiger partial charge >= 0.3 is 0 Å². The molecule has 14 nitrogen and oxygen atoms in total. The Morgan fingerprint density at radius 2 is 1.28 bits per heavy atom. The van der Waals surface area contributed by atoms with Crippen LogP contribution >= 0.6 is 0 Å². The van der Waals surface area contributed by atoms with Crippen molar-refractivity contribution < 1.29 is 28.4 Å². The summed E-state index contributed by atoms with van der Waals surface area (Å²) >= 11 is 0. The van der Waals surface area contributed by atoms with Crippen molar-refractivity contribution >= 4 is 34.6 Å². The summed E-state index contributed by atoms with van der Waals surface area (Å²) in [6, 6.07) is 8.05. The van der Waals surface area contributed by atoms with Gasteiger partial charge in [-0.2, -0.15) is 9.97 Å². The molecule has 0 aliphatic carbocycles. The molecule has 3 heterocycles. The molecule has 1 aliphatic heterocycles. The predicted molar refractivity (Wildman–Crippen MR) is 184 cm³/mol. The van der Waals surface area contributed by atoms with E-state index >= 15 is 0 Å². The molecule has 4 rings (SSSR count). The molecular formula is C33H52N8O6. The second-order valence-electron chi connectivity index (χ2n) is 11.5. The van der Waals surface area contributed by atoms with Gasteiger partial charge in [-0.05, 0) is 30.5 Å². The van der Waals surface area contributed by atoms with Crippen molar-refractivity contribution in [3.05, 3.63) is 29.8 Å². The third-order valence-corrected chi connectivity index (χ3v) is 8.30. The number of hydrogen-bond acceptors (Lipinski definition) is 14. The van der Waals surface area contributed by atoms with E-state index in [4.69, 9.17) is 48.4 Å². The van der Waals surface area contributed by atoms with Crippen LogP contribution < -0.4 is 24.3 Å². The maximum atomic E-state index is 5.70. The molecule has 14 heteroatoms. The monoisotopic (exact) mass is 656 g/mol. The number of rotatable bonds is 20. The van der Waals surface area contributed by atoms with E-state index < -0.39 is 0 Å². The van der Waals surface area contributed by atoms with Crippen LogP contribution in [-0.2, 0) is 30.2 Å². The van der Waals surface area contributed by atoms with E-state index in [2.05, 4.69) is 25.7 Å². The van der Waals surface area contributed by atoms with Gasteiger partial charge in [0.2, 0.25) is 11.9 Å². The number of methoxy groups -OCH3 is 6. The third-order valence-electron chi connectivity index (χ3n) is 8.30. The molecule has 1 fully saturated rings. The minimum atomic E-state index is 0.215. The Bertz CT molecular complexity index is 1360. The number of benzene rings is 1. The van der Waals surface area contributed by atoms with Gasteiger partial charge in [0, 0.05) is 88.4 Å². The van der Waals surface area contributed by atoms with Gasteiger partial charge in [0.1, 0.15) is 16.8 Å². The van der Waals surface area contributed by atoms with Crippen molar-refractivity contribution in [2.24, 2.45) is 0 Å². The number of piperidine rings is 1. The maximum absolute atomic E-state index is 5.70. The highest BCUT2D eigenvalue weighted by Crippen LogP contribution is 2.34. The summed E-state index contributed by atoms with van der Waals surface area (Å²) in [5.41, 5.74) is 2.44. The first kappa shape index (κ1) is 36.3. The highest BCUT2D eigenvalue weighted by Gasteiger charge is 2.28. The van der Waals surface area contributed by atoms with Crippen LogP contribution in [0, 0.1) is 0 Å². The normalized spacial score (nSPS) is 13.7. The van der Waals surface area contributed by atoms with E-state index in [-0.39, 0.29) is 6.10 Å². The zero-order valence-electron chi connectivity index (χ0n) is 29.1. The fraction of sp³-hybridized carbons (Fsp3) is 0.636. The van der Waals surface area contributed by atoms with Gasteiger partial charge in [0.05, 0.1) is 39.6 Å². The maximum Gasteiger partial charge on any atom is 0.228 e. The third kappa shape index (κ3) is 9.73. The molecule has 0 radical (unpaired) electrons. The van der Waals surface area contributed by atoms with E-state index in [9.17, 15) is 0 Å². The molecule has 0 atom stereocenters. The van der Waals surface area contributed by atoms with E-state index in [1.807, 2.05) is 25.2 Å². The van der Waals surface area contributed by atoms with Gasteiger partial charge in [-0.15, -0.1) is 0 Å². The summed E-state index contributed by atoms with van der Waals surface area (Å²) in [7, 11) is 12.3. The van der Waals surface area contributed by atoms with Crippen molar-refractivity contribution in [3.8, 4) is 5.75 Å². The molecule has 3 aromatic rings. The lowest BCUT2D eigenvalue weighted by molar-refractivity contribution is 0.0818. The van der Waals surface area contributed by atoms with Crippen LogP contribution in [0.5, 0.6) is 5.75 Å². The molecule has 0 spiro atoms. The highest BCUT2D eigenvalue weighted by atomic mass is 16.5. The van der Waals surface area contributed by atoms with Gasteiger partial charge in [-0.1, -0.05) is 12.1 Å². The number of nitrogens with zero attached hydrogens (tertiary/aromatic N) is 8. The van der Waals surface area contributed by atoms with Crippen molar-refractivity contribution in [2.75, 3.05) is 135 Å². The molecule has 0 N–H and O–H groups in total. The standard InChI is InChI=1S/C33H52N8O6/c1-38(24-25-9-8-10-27(23-25)47-7)30-28-29(35-32(36-30)40(15-19-42-2)16-20-43-3)31(39-13-11-26(46-6)12-14-39)37-33(34-28)41(17-21-44-4)18-22-45-5/h8-10,23,26H,11-22,24H2,1-7H3. The quantitative estimate of drug-likeness (QED) is 0.177. The summed E-state index contributed by atoms with van der Waals surface area (Å²) in [5, 5.41) is 0. The average molecular weight is 657 g/mol. The van der Waals surface area contributed by atoms with Gasteiger partial charge in [0.25, 0.3) is 0 Å². The molecule has 0 saturated carbocycles. The summed E-state index contributed by atoms with van der Waals surface area (Å²) in [6.45, 7) is 6.61. The smallest absolute Gasteiger partial charge is 0.228 e. The fourth-order valence-corrected chi connectivity index (χ4v) is 5.58. The number of ether oxygens (including phenoxy) is 6. The lowest BCUT2D eigenvalue weighted by Gasteiger charge is -2.34. The second kappa shape index (κ2) is 18.7. The molecule has 47 heavy (non-hydrogen) atoms. The summed E-state index contributed by atoms with van der Waals surface area (Å²) < 4.78 is 33.0. The summed E-state index contributed by atoms with van der Waals surface area (Å²) in [6.07, 6.45) is 2.00. The number of anilines is 4. The largest absolute Gasteiger partial charge is 0.497 e. The van der Waals surface area contributed by atoms with Crippen molar-refractivity contribution in [1.29, 1.82) is 0 Å². The van der Waals surface area contributed by atoms with Crippen LogP contribution in [0.1, 0.15) is 18.4 Å². The Hall–Kier alpha value is -3.56. The summed E-state index contributed by atoms with van der Waals surface area (Å²) in [4.78, 5) is 29.4. The first-order valence-corrected chi connectivity index (χ1v) is 16.1. The lowest BCUT2D eigenvalue weighted by atomic mass is 10.1. The average Bonchev–Trinajstić information content (AvgIpc) is 3.11. The predicted octanol–water partition coefficient (Wildman–Crippen LogP) is 2.88. The van der Waals surface area contributed by atoms with Crippen LogP contribution in [0.25, 0.3) is 11.0 Å². The highest BCUT2D eigenvalue weighted by molar-refractivity contribution is 5.95. The van der Waals surface area contributed by atoms with Crippen LogP contribution in [0.2, 0.25) is 0 Å². The van der Waals surface area contributed by atoms with Crippen molar-refractivity contribution in [2.45, 2.75) is 25.5 Å².